The molecule has 1 aromatic heterocycles. The zero-order valence-corrected chi connectivity index (χ0v) is 10.8. The molecule has 2 rings (SSSR count). The van der Waals surface area contributed by atoms with E-state index in [0.717, 1.165) is 17.1 Å². The molecular weight excluding hydrogens is 226 g/mol. The third-order valence-electron chi connectivity index (χ3n) is 2.72. The van der Waals surface area contributed by atoms with Crippen molar-refractivity contribution in [2.45, 2.75) is 19.8 Å². The second-order valence-electron chi connectivity index (χ2n) is 4.49. The summed E-state index contributed by atoms with van der Waals surface area (Å²) in [6, 6.07) is 7.91. The highest BCUT2D eigenvalue weighted by atomic mass is 16.5. The lowest BCUT2D eigenvalue weighted by atomic mass is 10.2. The Bertz CT molecular complexity index is 488. The standard InChI is InChI=1S/C14H19N3O/c1-11(2)14-9-17(10-16-14)12-3-5-13(6-4-12)18-8-7-15/h3-6,9-11H,7-8,15H2,1-2H3. The number of hydrogen-bond acceptors (Lipinski definition) is 3. The third-order valence-corrected chi connectivity index (χ3v) is 2.72. The summed E-state index contributed by atoms with van der Waals surface area (Å²) >= 11 is 0. The molecule has 1 aromatic carbocycles. The average Bonchev–Trinajstić information content (AvgIpc) is 2.87. The topological polar surface area (TPSA) is 53.1 Å². The molecule has 0 aliphatic rings. The maximum Gasteiger partial charge on any atom is 0.119 e. The number of benzene rings is 1. The van der Waals surface area contributed by atoms with Crippen LogP contribution in [-0.4, -0.2) is 22.7 Å². The van der Waals surface area contributed by atoms with Crippen LogP contribution in [0.4, 0.5) is 0 Å². The molecule has 0 aliphatic heterocycles. The molecule has 4 heteroatoms. The normalized spacial score (nSPS) is 10.9. The molecule has 2 N–H and O–H groups in total. The van der Waals surface area contributed by atoms with Gasteiger partial charge in [0.05, 0.1) is 12.0 Å². The molecule has 1 heterocycles. The fraction of sp³-hybridized carbons (Fsp3) is 0.357. The van der Waals surface area contributed by atoms with Crippen LogP contribution >= 0.6 is 0 Å². The third kappa shape index (κ3) is 2.90. The second kappa shape index (κ2) is 5.69. The van der Waals surface area contributed by atoms with E-state index in [4.69, 9.17) is 10.5 Å². The predicted molar refractivity (Wildman–Crippen MR) is 72.2 cm³/mol. The van der Waals surface area contributed by atoms with Crippen molar-refractivity contribution < 1.29 is 4.74 Å². The van der Waals surface area contributed by atoms with Crippen molar-refractivity contribution in [3.8, 4) is 11.4 Å². The van der Waals surface area contributed by atoms with Gasteiger partial charge in [-0.15, -0.1) is 0 Å². The number of nitrogens with zero attached hydrogens (tertiary/aromatic N) is 2. The molecule has 0 bridgehead atoms. The zero-order valence-electron chi connectivity index (χ0n) is 10.8. The van der Waals surface area contributed by atoms with Crippen LogP contribution < -0.4 is 10.5 Å². The van der Waals surface area contributed by atoms with E-state index in [1.54, 1.807) is 0 Å². The minimum absolute atomic E-state index is 0.443. The van der Waals surface area contributed by atoms with Crippen LogP contribution in [0.15, 0.2) is 36.8 Å². The molecule has 18 heavy (non-hydrogen) atoms. The largest absolute Gasteiger partial charge is 0.492 e. The molecule has 0 amide bonds. The fourth-order valence-electron chi connectivity index (χ4n) is 1.67. The van der Waals surface area contributed by atoms with Crippen molar-refractivity contribution in [1.29, 1.82) is 0 Å². The first-order valence-corrected chi connectivity index (χ1v) is 6.18. The van der Waals surface area contributed by atoms with Crippen molar-refractivity contribution in [2.75, 3.05) is 13.2 Å². The van der Waals surface area contributed by atoms with E-state index in [0.29, 0.717) is 19.1 Å². The Hall–Kier alpha value is -1.81. The van der Waals surface area contributed by atoms with E-state index in [1.165, 1.54) is 0 Å². The van der Waals surface area contributed by atoms with Gasteiger partial charge >= 0.3 is 0 Å². The molecule has 96 valence electrons. The first-order chi connectivity index (χ1) is 8.70. The highest BCUT2D eigenvalue weighted by molar-refractivity contribution is 5.37. The predicted octanol–water partition coefficient (Wildman–Crippen LogP) is 2.33. The number of imidazole rings is 1. The SMILES string of the molecule is CC(C)c1cn(-c2ccc(OCCN)cc2)cn1. The van der Waals surface area contributed by atoms with E-state index in [1.807, 2.05) is 35.2 Å². The first-order valence-electron chi connectivity index (χ1n) is 6.18. The van der Waals surface area contributed by atoms with E-state index in [2.05, 4.69) is 25.0 Å². The highest BCUT2D eigenvalue weighted by Gasteiger charge is 2.04. The molecule has 0 saturated heterocycles. The zero-order chi connectivity index (χ0) is 13.0. The molecule has 2 aromatic rings. The van der Waals surface area contributed by atoms with E-state index >= 15 is 0 Å². The number of ether oxygens (including phenoxy) is 1. The maximum absolute atomic E-state index is 5.44. The highest BCUT2D eigenvalue weighted by Crippen LogP contribution is 2.17. The molecular formula is C14H19N3O. The Balaban J connectivity index is 2.12. The van der Waals surface area contributed by atoms with Gasteiger partial charge in [0.15, 0.2) is 0 Å². The monoisotopic (exact) mass is 245 g/mol. The Kier molecular flexibility index (Phi) is 3.99. The Morgan fingerprint density at radius 1 is 1.28 bits per heavy atom. The minimum Gasteiger partial charge on any atom is -0.492 e. The van der Waals surface area contributed by atoms with Crippen molar-refractivity contribution >= 4 is 0 Å². The van der Waals surface area contributed by atoms with Gasteiger partial charge in [-0.05, 0) is 30.2 Å². The van der Waals surface area contributed by atoms with Gasteiger partial charge in [-0.3, -0.25) is 0 Å². The smallest absolute Gasteiger partial charge is 0.119 e. The average molecular weight is 245 g/mol. The van der Waals surface area contributed by atoms with Crippen molar-refractivity contribution in [3.63, 3.8) is 0 Å². The number of hydrogen-bond donors (Lipinski definition) is 1. The lowest BCUT2D eigenvalue weighted by Gasteiger charge is -2.06. The number of aromatic nitrogens is 2. The molecule has 0 saturated carbocycles. The second-order valence-corrected chi connectivity index (χ2v) is 4.49. The summed E-state index contributed by atoms with van der Waals surface area (Å²) in [7, 11) is 0. The fourth-order valence-corrected chi connectivity index (χ4v) is 1.67. The van der Waals surface area contributed by atoms with Crippen LogP contribution in [0.25, 0.3) is 5.69 Å². The van der Waals surface area contributed by atoms with Gasteiger partial charge in [0.25, 0.3) is 0 Å². The summed E-state index contributed by atoms with van der Waals surface area (Å²) in [5.41, 5.74) is 7.57. The molecule has 4 nitrogen and oxygen atoms in total. The molecule has 0 atom stereocenters. The summed E-state index contributed by atoms with van der Waals surface area (Å²) < 4.78 is 7.46. The maximum atomic E-state index is 5.44. The van der Waals surface area contributed by atoms with Crippen molar-refractivity contribution in [2.24, 2.45) is 5.73 Å². The Labute approximate surface area is 107 Å². The van der Waals surface area contributed by atoms with Gasteiger partial charge in [0, 0.05) is 18.4 Å². The number of rotatable bonds is 5. The quantitative estimate of drug-likeness (QED) is 0.879. The summed E-state index contributed by atoms with van der Waals surface area (Å²) in [5, 5.41) is 0. The van der Waals surface area contributed by atoms with Gasteiger partial charge in [0.1, 0.15) is 12.4 Å². The van der Waals surface area contributed by atoms with Crippen LogP contribution in [0.1, 0.15) is 25.5 Å². The lowest BCUT2D eigenvalue weighted by molar-refractivity contribution is 0.328. The van der Waals surface area contributed by atoms with Gasteiger partial charge < -0.3 is 15.0 Å². The van der Waals surface area contributed by atoms with Crippen LogP contribution in [0.3, 0.4) is 0 Å². The number of nitrogens with two attached hydrogens (primary N) is 1. The molecule has 0 unspecified atom stereocenters. The van der Waals surface area contributed by atoms with Crippen LogP contribution in [0.2, 0.25) is 0 Å². The lowest BCUT2D eigenvalue weighted by Crippen LogP contribution is -2.10. The van der Waals surface area contributed by atoms with Gasteiger partial charge in [-0.25, -0.2) is 4.98 Å². The van der Waals surface area contributed by atoms with Gasteiger partial charge in [-0.2, -0.15) is 0 Å². The molecule has 0 aliphatic carbocycles. The first kappa shape index (κ1) is 12.6. The summed E-state index contributed by atoms with van der Waals surface area (Å²) in [4.78, 5) is 4.38. The Morgan fingerprint density at radius 3 is 2.56 bits per heavy atom. The summed E-state index contributed by atoms with van der Waals surface area (Å²) in [6.45, 7) is 5.34. The summed E-state index contributed by atoms with van der Waals surface area (Å²) in [5.74, 6) is 1.28. The van der Waals surface area contributed by atoms with Crippen LogP contribution in [-0.2, 0) is 0 Å². The molecule has 0 spiro atoms. The van der Waals surface area contributed by atoms with E-state index < -0.39 is 0 Å². The van der Waals surface area contributed by atoms with Gasteiger partial charge in [-0.1, -0.05) is 13.8 Å². The van der Waals surface area contributed by atoms with Crippen molar-refractivity contribution in [1.82, 2.24) is 9.55 Å². The van der Waals surface area contributed by atoms with Crippen LogP contribution in [0.5, 0.6) is 5.75 Å². The van der Waals surface area contributed by atoms with Crippen LogP contribution in [0, 0.1) is 0 Å². The molecule has 0 radical (unpaired) electrons. The molecule has 0 fully saturated rings. The van der Waals surface area contributed by atoms with E-state index in [9.17, 15) is 0 Å². The minimum atomic E-state index is 0.443. The Morgan fingerprint density at radius 2 is 2.00 bits per heavy atom. The van der Waals surface area contributed by atoms with Crippen molar-refractivity contribution in [3.05, 3.63) is 42.5 Å². The summed E-state index contributed by atoms with van der Waals surface area (Å²) in [6.07, 6.45) is 3.89. The van der Waals surface area contributed by atoms with Gasteiger partial charge in [0.2, 0.25) is 0 Å². The van der Waals surface area contributed by atoms with E-state index in [-0.39, 0.29) is 0 Å².